The third-order valence-electron chi connectivity index (χ3n) is 3.39. The summed E-state index contributed by atoms with van der Waals surface area (Å²) in [6, 6.07) is 2.10. The van der Waals surface area contributed by atoms with E-state index in [9.17, 15) is 0 Å². The van der Waals surface area contributed by atoms with Crippen LogP contribution in [0.15, 0.2) is 45.2 Å². The topological polar surface area (TPSA) is 12.4 Å². The van der Waals surface area contributed by atoms with Crippen LogP contribution in [0.2, 0.25) is 0 Å². The Kier molecular flexibility index (Phi) is 31.7. The summed E-state index contributed by atoms with van der Waals surface area (Å²) < 4.78 is 0. The zero-order valence-corrected chi connectivity index (χ0v) is 22.4. The van der Waals surface area contributed by atoms with Crippen LogP contribution >= 0.6 is 11.3 Å². The molecule has 0 spiro atoms. The smallest absolute Gasteiger partial charge is 0.0374 e. The highest BCUT2D eigenvalue weighted by Gasteiger charge is 2.03. The molecule has 0 aliphatic heterocycles. The minimum atomic E-state index is 0.543. The minimum Gasteiger partial charge on any atom is -0.262 e. The minimum absolute atomic E-state index is 0.543. The Morgan fingerprint density at radius 2 is 1.50 bits per heavy atom. The summed E-state index contributed by atoms with van der Waals surface area (Å²) in [6.07, 6.45) is 5.41. The molecule has 1 aromatic rings. The van der Waals surface area contributed by atoms with Crippen molar-refractivity contribution in [1.82, 2.24) is 0 Å². The molecule has 1 aromatic heterocycles. The maximum absolute atomic E-state index is 4.70. The maximum Gasteiger partial charge on any atom is 0.0374 e. The second kappa shape index (κ2) is 25.9. The molecule has 0 bridgehead atoms. The van der Waals surface area contributed by atoms with Crippen LogP contribution in [-0.2, 0) is 0 Å². The molecule has 0 unspecified atom stereocenters. The Balaban J connectivity index is -0.000000197. The largest absolute Gasteiger partial charge is 0.262 e. The van der Waals surface area contributed by atoms with E-state index in [1.54, 1.807) is 11.3 Å². The van der Waals surface area contributed by atoms with Crippen molar-refractivity contribution in [3.05, 3.63) is 45.8 Å². The summed E-state index contributed by atoms with van der Waals surface area (Å²) in [5.41, 5.74) is 5.13. The van der Waals surface area contributed by atoms with Crippen LogP contribution in [0.4, 0.5) is 0 Å². The predicted molar refractivity (Wildman–Crippen MR) is 138 cm³/mol. The van der Waals surface area contributed by atoms with E-state index in [0.717, 1.165) is 12.1 Å². The van der Waals surface area contributed by atoms with Crippen LogP contribution in [0.1, 0.15) is 102 Å². The van der Waals surface area contributed by atoms with Gasteiger partial charge in [-0.15, -0.1) is 0 Å². The molecule has 0 aliphatic rings. The normalized spacial score (nSPS) is 11.2. The van der Waals surface area contributed by atoms with Gasteiger partial charge in [0.1, 0.15) is 0 Å². The molecule has 28 heavy (non-hydrogen) atoms. The molecule has 0 radical (unpaired) electrons. The van der Waals surface area contributed by atoms with E-state index < -0.39 is 0 Å². The first-order valence-corrected chi connectivity index (χ1v) is 12.2. The van der Waals surface area contributed by atoms with Crippen molar-refractivity contribution in [3.8, 4) is 0 Å². The average Bonchev–Trinajstić information content (AvgIpc) is 3.19. The van der Waals surface area contributed by atoms with Gasteiger partial charge in [0, 0.05) is 11.4 Å². The molecular weight excluding hydrogens is 358 g/mol. The van der Waals surface area contributed by atoms with Crippen molar-refractivity contribution in [1.29, 1.82) is 0 Å². The van der Waals surface area contributed by atoms with Gasteiger partial charge < -0.3 is 0 Å². The van der Waals surface area contributed by atoms with E-state index in [1.807, 2.05) is 41.5 Å². The van der Waals surface area contributed by atoms with E-state index in [1.165, 1.54) is 16.8 Å². The summed E-state index contributed by atoms with van der Waals surface area (Å²) in [7, 11) is 0. The Morgan fingerprint density at radius 3 is 1.71 bits per heavy atom. The summed E-state index contributed by atoms with van der Waals surface area (Å²) in [5.74, 6) is 1.11. The molecule has 1 heterocycles. The van der Waals surface area contributed by atoms with Gasteiger partial charge in [-0.1, -0.05) is 82.2 Å². The van der Waals surface area contributed by atoms with Crippen molar-refractivity contribution in [3.63, 3.8) is 0 Å². The summed E-state index contributed by atoms with van der Waals surface area (Å²) in [4.78, 5) is 4.70. The van der Waals surface area contributed by atoms with Gasteiger partial charge in [0.2, 0.25) is 0 Å². The molecule has 0 N–H and O–H groups in total. The number of hydrogen-bond donors (Lipinski definition) is 0. The molecule has 0 saturated carbocycles. The zero-order chi connectivity index (χ0) is 23.1. The van der Waals surface area contributed by atoms with E-state index in [4.69, 9.17) is 4.99 Å². The highest BCUT2D eigenvalue weighted by atomic mass is 32.1. The third kappa shape index (κ3) is 21.2. The molecule has 0 amide bonds. The fourth-order valence-corrected chi connectivity index (χ4v) is 2.70. The second-order valence-electron chi connectivity index (χ2n) is 6.14. The number of thiophene rings is 1. The van der Waals surface area contributed by atoms with Crippen molar-refractivity contribution in [2.24, 2.45) is 16.8 Å². The van der Waals surface area contributed by atoms with Gasteiger partial charge in [0.05, 0.1) is 0 Å². The van der Waals surface area contributed by atoms with Crippen LogP contribution in [0, 0.1) is 18.8 Å². The Labute approximate surface area is 183 Å². The predicted octanol–water partition coefficient (Wildman–Crippen LogP) is 10.1. The summed E-state index contributed by atoms with van der Waals surface area (Å²) in [5, 5.41) is 4.20. The van der Waals surface area contributed by atoms with E-state index >= 15 is 0 Å². The molecule has 166 valence electrons. The maximum atomic E-state index is 4.70. The van der Waals surface area contributed by atoms with Gasteiger partial charge >= 0.3 is 0 Å². The molecule has 0 fully saturated rings. The molecule has 2 heteroatoms. The van der Waals surface area contributed by atoms with Gasteiger partial charge in [-0.05, 0) is 73.1 Å². The number of aryl methyl sites for hydroxylation is 1. The van der Waals surface area contributed by atoms with Gasteiger partial charge in [-0.25, -0.2) is 0 Å². The monoisotopic (exact) mass is 409 g/mol. The first-order valence-electron chi connectivity index (χ1n) is 11.2. The van der Waals surface area contributed by atoms with Crippen molar-refractivity contribution in [2.45, 2.75) is 103 Å². The van der Waals surface area contributed by atoms with Crippen LogP contribution in [0.25, 0.3) is 0 Å². The molecule has 0 aromatic carbocycles. The van der Waals surface area contributed by atoms with Crippen molar-refractivity contribution < 1.29 is 0 Å². The third-order valence-corrected chi connectivity index (χ3v) is 4.19. The SMILES string of the molecule is C/C=C(\C=C(/C)N=C(CC)C(C)C)C(C)C.CC.CC.CC.Cc1ccsc1. The number of nitrogens with zero attached hydrogens (tertiary/aromatic N) is 1. The molecule has 1 rings (SSSR count). The van der Waals surface area contributed by atoms with Gasteiger partial charge in [0.25, 0.3) is 0 Å². The Hall–Kier alpha value is -1.15. The standard InChI is InChI=1S/C15H27N.C5H6S.3C2H6/c1-8-14(11(3)4)10-13(7)16-15(9-2)12(5)6;1-5-2-3-6-4-5;3*1-2/h8,10-12H,9H2,1-7H3;2-4H,1H3;3*1-2H3/b13-10+,14-8+,16-15?;;;;. The second-order valence-corrected chi connectivity index (χ2v) is 6.92. The fraction of sp³-hybridized carbons (Fsp3) is 0.654. The zero-order valence-electron chi connectivity index (χ0n) is 21.6. The van der Waals surface area contributed by atoms with Gasteiger partial charge in [-0.2, -0.15) is 11.3 Å². The Morgan fingerprint density at radius 1 is 1.00 bits per heavy atom. The van der Waals surface area contributed by atoms with Crippen molar-refractivity contribution >= 4 is 17.0 Å². The van der Waals surface area contributed by atoms with E-state index in [0.29, 0.717) is 11.8 Å². The first kappa shape index (κ1) is 34.4. The lowest BCUT2D eigenvalue weighted by atomic mass is 10.0. The van der Waals surface area contributed by atoms with Crippen LogP contribution in [-0.4, -0.2) is 5.71 Å². The number of rotatable bonds is 5. The Bertz CT molecular complexity index is 489. The number of hydrogen-bond acceptors (Lipinski definition) is 2. The van der Waals surface area contributed by atoms with Crippen LogP contribution in [0.3, 0.4) is 0 Å². The first-order chi connectivity index (χ1) is 13.3. The quantitative estimate of drug-likeness (QED) is 0.339. The number of allylic oxidation sites excluding steroid dienone is 4. The van der Waals surface area contributed by atoms with Crippen molar-refractivity contribution in [2.75, 3.05) is 0 Å². The molecule has 0 atom stereocenters. The molecule has 0 aliphatic carbocycles. The molecular formula is C26H51NS. The lowest BCUT2D eigenvalue weighted by Gasteiger charge is -2.09. The number of aliphatic imine (C=N–C) groups is 1. The van der Waals surface area contributed by atoms with Crippen LogP contribution in [0.5, 0.6) is 0 Å². The lowest BCUT2D eigenvalue weighted by molar-refractivity contribution is 0.786. The highest BCUT2D eigenvalue weighted by molar-refractivity contribution is 7.07. The molecule has 1 nitrogen and oxygen atoms in total. The molecule has 0 saturated heterocycles. The fourth-order valence-electron chi connectivity index (χ4n) is 2.03. The van der Waals surface area contributed by atoms with E-state index in [-0.39, 0.29) is 0 Å². The van der Waals surface area contributed by atoms with E-state index in [2.05, 4.69) is 84.4 Å². The summed E-state index contributed by atoms with van der Waals surface area (Å²) in [6.45, 7) is 29.3. The lowest BCUT2D eigenvalue weighted by Crippen LogP contribution is -2.05. The van der Waals surface area contributed by atoms with Gasteiger partial charge in [-0.3, -0.25) is 4.99 Å². The van der Waals surface area contributed by atoms with Gasteiger partial charge in [0.15, 0.2) is 0 Å². The highest BCUT2D eigenvalue weighted by Crippen LogP contribution is 2.15. The van der Waals surface area contributed by atoms with Crippen LogP contribution < -0.4 is 0 Å². The summed E-state index contributed by atoms with van der Waals surface area (Å²) >= 11 is 1.74. The average molecular weight is 410 g/mol.